The monoisotopic (exact) mass is 392 g/mol. The van der Waals surface area contributed by atoms with Gasteiger partial charge in [-0.05, 0) is 25.5 Å². The summed E-state index contributed by atoms with van der Waals surface area (Å²) < 4.78 is 19.2. The number of hydrogen-bond acceptors (Lipinski definition) is 5. The molecule has 2 N–H and O–H groups in total. The highest BCUT2D eigenvalue weighted by Gasteiger charge is 2.31. The normalized spacial score (nSPS) is 20.8. The summed E-state index contributed by atoms with van der Waals surface area (Å²) in [5, 5.41) is 5.56. The van der Waals surface area contributed by atoms with Gasteiger partial charge in [0.15, 0.2) is 0 Å². The van der Waals surface area contributed by atoms with Gasteiger partial charge in [0, 0.05) is 38.3 Å². The summed E-state index contributed by atoms with van der Waals surface area (Å²) in [7, 11) is 0. The first-order chi connectivity index (χ1) is 13.6. The SMILES string of the molecule is O=C(CNC(=O)C1CCCN1Cc1ccccc1F)NCCN1CCOCC1. The summed E-state index contributed by atoms with van der Waals surface area (Å²) in [5.74, 6) is -0.620. The third-order valence-corrected chi connectivity index (χ3v) is 5.27. The van der Waals surface area contributed by atoms with Gasteiger partial charge in [0.1, 0.15) is 5.82 Å². The first-order valence-corrected chi connectivity index (χ1v) is 9.95. The van der Waals surface area contributed by atoms with E-state index in [2.05, 4.69) is 15.5 Å². The number of carbonyl (C=O) groups excluding carboxylic acids is 2. The second-order valence-corrected chi connectivity index (χ2v) is 7.24. The molecule has 2 heterocycles. The molecule has 7 nitrogen and oxygen atoms in total. The fourth-order valence-electron chi connectivity index (χ4n) is 3.68. The Labute approximate surface area is 165 Å². The van der Waals surface area contributed by atoms with Gasteiger partial charge in [0.25, 0.3) is 0 Å². The molecular weight excluding hydrogens is 363 g/mol. The van der Waals surface area contributed by atoms with Crippen molar-refractivity contribution >= 4 is 11.8 Å². The number of hydrogen-bond donors (Lipinski definition) is 2. The molecule has 1 atom stereocenters. The topological polar surface area (TPSA) is 73.9 Å². The third-order valence-electron chi connectivity index (χ3n) is 5.27. The van der Waals surface area contributed by atoms with E-state index in [1.165, 1.54) is 6.07 Å². The molecule has 2 aliphatic heterocycles. The Morgan fingerprint density at radius 3 is 2.71 bits per heavy atom. The van der Waals surface area contributed by atoms with Crippen molar-refractivity contribution in [1.29, 1.82) is 0 Å². The van der Waals surface area contributed by atoms with E-state index in [1.54, 1.807) is 18.2 Å². The largest absolute Gasteiger partial charge is 0.379 e. The predicted octanol–water partition coefficient (Wildman–Crippen LogP) is 0.355. The molecule has 1 aromatic carbocycles. The van der Waals surface area contributed by atoms with Crippen LogP contribution >= 0.6 is 0 Å². The highest BCUT2D eigenvalue weighted by atomic mass is 19.1. The molecule has 0 aromatic heterocycles. The lowest BCUT2D eigenvalue weighted by Crippen LogP contribution is -2.47. The highest BCUT2D eigenvalue weighted by molar-refractivity contribution is 5.87. The Hall–Kier alpha value is -2.03. The zero-order valence-electron chi connectivity index (χ0n) is 16.2. The molecule has 0 radical (unpaired) electrons. The molecule has 2 aliphatic rings. The summed E-state index contributed by atoms with van der Waals surface area (Å²) in [6.45, 7) is 5.67. The van der Waals surface area contributed by atoms with Gasteiger partial charge in [-0.25, -0.2) is 4.39 Å². The van der Waals surface area contributed by atoms with Gasteiger partial charge in [0.2, 0.25) is 11.8 Å². The summed E-state index contributed by atoms with van der Waals surface area (Å²) in [4.78, 5) is 28.7. The maximum absolute atomic E-state index is 13.9. The summed E-state index contributed by atoms with van der Waals surface area (Å²) in [5.41, 5.74) is 0.586. The Kier molecular flexibility index (Phi) is 7.76. The van der Waals surface area contributed by atoms with Gasteiger partial charge < -0.3 is 15.4 Å². The molecule has 2 fully saturated rings. The lowest BCUT2D eigenvalue weighted by Gasteiger charge is -2.26. The van der Waals surface area contributed by atoms with Crippen LogP contribution in [0.15, 0.2) is 24.3 Å². The Morgan fingerprint density at radius 1 is 1.14 bits per heavy atom. The Morgan fingerprint density at radius 2 is 1.93 bits per heavy atom. The van der Waals surface area contributed by atoms with Gasteiger partial charge in [0.05, 0.1) is 25.8 Å². The fraction of sp³-hybridized carbons (Fsp3) is 0.600. The van der Waals surface area contributed by atoms with Crippen molar-refractivity contribution in [3.05, 3.63) is 35.6 Å². The number of amides is 2. The molecule has 0 aliphatic carbocycles. The van der Waals surface area contributed by atoms with E-state index < -0.39 is 0 Å². The lowest BCUT2D eigenvalue weighted by atomic mass is 10.1. The number of nitrogens with zero attached hydrogens (tertiary/aromatic N) is 2. The summed E-state index contributed by atoms with van der Waals surface area (Å²) >= 11 is 0. The molecule has 0 spiro atoms. The number of likely N-dealkylation sites (tertiary alicyclic amines) is 1. The van der Waals surface area contributed by atoms with Crippen molar-refractivity contribution in [3.8, 4) is 0 Å². The second kappa shape index (κ2) is 10.5. The molecule has 154 valence electrons. The first kappa shape index (κ1) is 20.7. The number of benzene rings is 1. The standard InChI is InChI=1S/C20H29FN4O3/c21-17-5-2-1-4-16(17)15-25-8-3-6-18(25)20(27)23-14-19(26)22-7-9-24-10-12-28-13-11-24/h1-2,4-5,18H,3,6-15H2,(H,22,26)(H,23,27). The van der Waals surface area contributed by atoms with Crippen molar-refractivity contribution < 1.29 is 18.7 Å². The summed E-state index contributed by atoms with van der Waals surface area (Å²) in [6, 6.07) is 6.31. The molecule has 8 heteroatoms. The molecular formula is C20H29FN4O3. The van der Waals surface area contributed by atoms with E-state index >= 15 is 0 Å². The van der Waals surface area contributed by atoms with E-state index in [0.29, 0.717) is 18.7 Å². The molecule has 1 aromatic rings. The van der Waals surface area contributed by atoms with Crippen LogP contribution in [0.5, 0.6) is 0 Å². The van der Waals surface area contributed by atoms with Crippen molar-refractivity contribution in [3.63, 3.8) is 0 Å². The fourth-order valence-corrected chi connectivity index (χ4v) is 3.68. The maximum atomic E-state index is 13.9. The average Bonchev–Trinajstić information content (AvgIpc) is 3.17. The minimum absolute atomic E-state index is 0.0357. The highest BCUT2D eigenvalue weighted by Crippen LogP contribution is 2.21. The van der Waals surface area contributed by atoms with Crippen LogP contribution in [0.3, 0.4) is 0 Å². The zero-order valence-corrected chi connectivity index (χ0v) is 16.2. The number of carbonyl (C=O) groups is 2. The number of ether oxygens (including phenoxy) is 1. The number of rotatable bonds is 8. The maximum Gasteiger partial charge on any atom is 0.239 e. The van der Waals surface area contributed by atoms with Gasteiger partial charge >= 0.3 is 0 Å². The van der Waals surface area contributed by atoms with Gasteiger partial charge in [-0.1, -0.05) is 18.2 Å². The molecule has 1 unspecified atom stereocenters. The lowest BCUT2D eigenvalue weighted by molar-refractivity contribution is -0.129. The van der Waals surface area contributed by atoms with Crippen molar-refractivity contribution in [1.82, 2.24) is 20.4 Å². The molecule has 28 heavy (non-hydrogen) atoms. The molecule has 0 bridgehead atoms. The average molecular weight is 392 g/mol. The first-order valence-electron chi connectivity index (χ1n) is 9.95. The van der Waals surface area contributed by atoms with E-state index in [1.807, 2.05) is 4.90 Å². The van der Waals surface area contributed by atoms with Crippen LogP contribution in [0, 0.1) is 5.82 Å². The molecule has 2 saturated heterocycles. The quantitative estimate of drug-likeness (QED) is 0.668. The number of halogens is 1. The molecule has 0 saturated carbocycles. The van der Waals surface area contributed by atoms with E-state index in [9.17, 15) is 14.0 Å². The molecule has 3 rings (SSSR count). The summed E-state index contributed by atoms with van der Waals surface area (Å²) in [6.07, 6.45) is 1.61. The Balaban J connectivity index is 1.38. The van der Waals surface area contributed by atoms with Crippen LogP contribution in [0.1, 0.15) is 18.4 Å². The van der Waals surface area contributed by atoms with E-state index in [4.69, 9.17) is 4.74 Å². The van der Waals surface area contributed by atoms with Crippen LogP contribution in [0.4, 0.5) is 4.39 Å². The van der Waals surface area contributed by atoms with Crippen molar-refractivity contribution in [2.45, 2.75) is 25.4 Å². The van der Waals surface area contributed by atoms with Crippen LogP contribution in [-0.2, 0) is 20.9 Å². The minimum Gasteiger partial charge on any atom is -0.379 e. The van der Waals surface area contributed by atoms with E-state index in [0.717, 1.165) is 52.2 Å². The van der Waals surface area contributed by atoms with Crippen LogP contribution in [0.2, 0.25) is 0 Å². The van der Waals surface area contributed by atoms with Gasteiger partial charge in [-0.15, -0.1) is 0 Å². The van der Waals surface area contributed by atoms with Crippen LogP contribution in [-0.4, -0.2) is 80.1 Å². The zero-order chi connectivity index (χ0) is 19.8. The third kappa shape index (κ3) is 5.98. The smallest absolute Gasteiger partial charge is 0.239 e. The second-order valence-electron chi connectivity index (χ2n) is 7.24. The minimum atomic E-state index is -0.319. The van der Waals surface area contributed by atoms with Crippen molar-refractivity contribution in [2.24, 2.45) is 0 Å². The Bertz CT molecular complexity index is 667. The molecule has 2 amide bonds. The van der Waals surface area contributed by atoms with Gasteiger partial charge in [-0.2, -0.15) is 0 Å². The number of morpholine rings is 1. The van der Waals surface area contributed by atoms with Gasteiger partial charge in [-0.3, -0.25) is 19.4 Å². The van der Waals surface area contributed by atoms with E-state index in [-0.39, 0.29) is 30.2 Å². The number of nitrogens with one attached hydrogen (secondary N) is 2. The van der Waals surface area contributed by atoms with Crippen molar-refractivity contribution in [2.75, 3.05) is 52.5 Å². The predicted molar refractivity (Wildman–Crippen MR) is 103 cm³/mol. The van der Waals surface area contributed by atoms with Crippen LogP contribution < -0.4 is 10.6 Å². The van der Waals surface area contributed by atoms with Crippen LogP contribution in [0.25, 0.3) is 0 Å².